The lowest BCUT2D eigenvalue weighted by molar-refractivity contribution is -0.242. The van der Waals surface area contributed by atoms with Gasteiger partial charge in [-0.25, -0.2) is 4.79 Å². The summed E-state index contributed by atoms with van der Waals surface area (Å²) in [5.41, 5.74) is 1.12. The third-order valence-corrected chi connectivity index (χ3v) is 12.2. The van der Waals surface area contributed by atoms with Crippen molar-refractivity contribution in [2.75, 3.05) is 13.2 Å². The van der Waals surface area contributed by atoms with Crippen LogP contribution in [-0.4, -0.2) is 37.4 Å². The smallest absolute Gasteiger partial charge is 0.338 e. The SMILES string of the molecule is C[C@H](CCC=O)[C@H]1CCC2C3C(CC[C@@]21C)[C@@]1(C)CCC2(C[C@@H]1C[C@H]3OC(=O)c1ccccc1)OCCO2. The minimum Gasteiger partial charge on any atom is -0.458 e. The number of hydrogen-bond acceptors (Lipinski definition) is 5. The molecule has 0 amide bonds. The van der Waals surface area contributed by atoms with E-state index in [1.807, 2.05) is 30.3 Å². The van der Waals surface area contributed by atoms with Gasteiger partial charge in [0.25, 0.3) is 0 Å². The van der Waals surface area contributed by atoms with Gasteiger partial charge in [-0.2, -0.15) is 0 Å². The lowest BCUT2D eigenvalue weighted by Crippen LogP contribution is -2.60. The lowest BCUT2D eigenvalue weighted by atomic mass is 9.43. The quantitative estimate of drug-likeness (QED) is 0.302. The van der Waals surface area contributed by atoms with Gasteiger partial charge in [0.05, 0.1) is 18.8 Å². The Morgan fingerprint density at radius 1 is 1.03 bits per heavy atom. The molecule has 1 aliphatic heterocycles. The van der Waals surface area contributed by atoms with Gasteiger partial charge in [0.2, 0.25) is 0 Å². The Bertz CT molecular complexity index is 1020. The highest BCUT2D eigenvalue weighted by atomic mass is 16.7. The fourth-order valence-corrected chi connectivity index (χ4v) is 10.3. The van der Waals surface area contributed by atoms with Crippen LogP contribution in [0, 0.1) is 46.3 Å². The monoisotopic (exact) mass is 522 g/mol. The Morgan fingerprint density at radius 2 is 1.76 bits per heavy atom. The van der Waals surface area contributed by atoms with Gasteiger partial charge in [-0.3, -0.25) is 0 Å². The normalized spacial score (nSPS) is 42.1. The van der Waals surface area contributed by atoms with Crippen molar-refractivity contribution in [1.82, 2.24) is 0 Å². The van der Waals surface area contributed by atoms with Crippen LogP contribution < -0.4 is 0 Å². The summed E-state index contributed by atoms with van der Waals surface area (Å²) < 4.78 is 18.9. The molecule has 6 rings (SSSR count). The van der Waals surface area contributed by atoms with Crippen molar-refractivity contribution in [1.29, 1.82) is 0 Å². The lowest BCUT2D eigenvalue weighted by Gasteiger charge is -2.63. The Balaban J connectivity index is 1.32. The molecule has 5 fully saturated rings. The van der Waals surface area contributed by atoms with Gasteiger partial charge in [-0.1, -0.05) is 39.0 Å². The Morgan fingerprint density at radius 3 is 2.50 bits per heavy atom. The fraction of sp³-hybridized carbons (Fsp3) is 0.758. The van der Waals surface area contributed by atoms with Crippen LogP contribution in [0.3, 0.4) is 0 Å². The number of ether oxygens (including phenoxy) is 3. The van der Waals surface area contributed by atoms with E-state index >= 15 is 0 Å². The Hall–Kier alpha value is -1.72. The molecule has 9 atom stereocenters. The maximum absolute atomic E-state index is 13.4. The zero-order valence-corrected chi connectivity index (χ0v) is 23.5. The van der Waals surface area contributed by atoms with E-state index in [1.54, 1.807) is 0 Å². The summed E-state index contributed by atoms with van der Waals surface area (Å²) >= 11 is 0. The van der Waals surface area contributed by atoms with E-state index in [1.165, 1.54) is 25.7 Å². The van der Waals surface area contributed by atoms with Gasteiger partial charge in [0.1, 0.15) is 12.4 Å². The van der Waals surface area contributed by atoms with E-state index in [-0.39, 0.29) is 22.9 Å². The van der Waals surface area contributed by atoms with E-state index in [0.717, 1.165) is 38.4 Å². The minimum atomic E-state index is -0.430. The Labute approximate surface area is 228 Å². The molecule has 0 radical (unpaired) electrons. The third-order valence-electron chi connectivity index (χ3n) is 12.2. The molecule has 0 bridgehead atoms. The van der Waals surface area contributed by atoms with Gasteiger partial charge in [-0.05, 0) is 97.5 Å². The van der Waals surface area contributed by atoms with Gasteiger partial charge >= 0.3 is 5.97 Å². The number of aldehydes is 1. The summed E-state index contributed by atoms with van der Waals surface area (Å²) in [7, 11) is 0. The first kappa shape index (κ1) is 26.5. The van der Waals surface area contributed by atoms with Crippen molar-refractivity contribution in [2.45, 2.75) is 96.9 Å². The van der Waals surface area contributed by atoms with Crippen molar-refractivity contribution < 1.29 is 23.8 Å². The highest BCUT2D eigenvalue weighted by Gasteiger charge is 2.65. The zero-order chi connectivity index (χ0) is 26.5. The second kappa shape index (κ2) is 10.0. The van der Waals surface area contributed by atoms with E-state index in [9.17, 15) is 9.59 Å². The second-order valence-corrected chi connectivity index (χ2v) is 13.8. The molecular formula is C33H46O5. The average Bonchev–Trinajstić information content (AvgIpc) is 3.52. The molecule has 5 heteroatoms. The van der Waals surface area contributed by atoms with Gasteiger partial charge in [0, 0.05) is 25.2 Å². The van der Waals surface area contributed by atoms with Crippen LogP contribution in [0.2, 0.25) is 0 Å². The molecule has 38 heavy (non-hydrogen) atoms. The predicted octanol–water partition coefficient (Wildman–Crippen LogP) is 6.84. The van der Waals surface area contributed by atoms with Crippen LogP contribution in [0.1, 0.15) is 95.3 Å². The first-order valence-corrected chi connectivity index (χ1v) is 15.3. The molecule has 1 aromatic carbocycles. The van der Waals surface area contributed by atoms with E-state index in [4.69, 9.17) is 14.2 Å². The zero-order valence-electron chi connectivity index (χ0n) is 23.5. The van der Waals surface area contributed by atoms with Crippen LogP contribution in [0.15, 0.2) is 30.3 Å². The number of esters is 1. The van der Waals surface area contributed by atoms with Crippen molar-refractivity contribution in [3.05, 3.63) is 35.9 Å². The van der Waals surface area contributed by atoms with Crippen LogP contribution in [0.5, 0.6) is 0 Å². The maximum Gasteiger partial charge on any atom is 0.338 e. The van der Waals surface area contributed by atoms with Crippen LogP contribution in [-0.2, 0) is 19.0 Å². The molecule has 5 nitrogen and oxygen atoms in total. The third kappa shape index (κ3) is 4.27. The maximum atomic E-state index is 13.4. The number of hydrogen-bond donors (Lipinski definition) is 0. The average molecular weight is 523 g/mol. The Kier molecular flexibility index (Phi) is 7.00. The van der Waals surface area contributed by atoms with Crippen LogP contribution in [0.4, 0.5) is 0 Å². The summed E-state index contributed by atoms with van der Waals surface area (Å²) in [5, 5.41) is 0. The van der Waals surface area contributed by atoms with Gasteiger partial charge < -0.3 is 19.0 Å². The summed E-state index contributed by atoms with van der Waals surface area (Å²) in [6.45, 7) is 8.80. The predicted molar refractivity (Wildman–Crippen MR) is 145 cm³/mol. The highest BCUT2D eigenvalue weighted by molar-refractivity contribution is 5.89. The summed E-state index contributed by atoms with van der Waals surface area (Å²) in [4.78, 5) is 24.6. The molecular weight excluding hydrogens is 476 g/mol. The molecule has 4 aliphatic carbocycles. The number of benzene rings is 1. The molecule has 1 saturated heterocycles. The number of carbonyl (C=O) groups excluding carboxylic acids is 2. The standard InChI is InChI=1S/C33H46O5/c1-22(8-7-17-34)25-11-12-26-29-27(13-14-32(25,26)3)31(2)15-16-33(36-18-19-37-33)21-24(31)20-28(29)38-30(35)23-9-5-4-6-10-23/h4-6,9-10,17,22,24-29H,7-8,11-16,18-21H2,1-3H3/t22-,24+,25-,26?,27?,28-,29?,31+,32-/m1/s1. The first-order chi connectivity index (χ1) is 18.3. The molecule has 5 aliphatic rings. The number of fused-ring (bicyclic) bond motifs is 5. The van der Waals surface area contributed by atoms with Crippen LogP contribution >= 0.6 is 0 Å². The first-order valence-electron chi connectivity index (χ1n) is 15.3. The van der Waals surface area contributed by atoms with E-state index in [2.05, 4.69) is 20.8 Å². The van der Waals surface area contributed by atoms with Crippen molar-refractivity contribution in [3.63, 3.8) is 0 Å². The molecule has 4 saturated carbocycles. The van der Waals surface area contributed by atoms with E-state index < -0.39 is 5.79 Å². The largest absolute Gasteiger partial charge is 0.458 e. The number of rotatable bonds is 6. The molecule has 0 N–H and O–H groups in total. The molecule has 3 unspecified atom stereocenters. The van der Waals surface area contributed by atoms with Crippen molar-refractivity contribution >= 4 is 12.3 Å². The molecule has 1 spiro atoms. The van der Waals surface area contributed by atoms with Crippen LogP contribution in [0.25, 0.3) is 0 Å². The summed E-state index contributed by atoms with van der Waals surface area (Å²) in [6, 6.07) is 9.51. The van der Waals surface area contributed by atoms with E-state index in [0.29, 0.717) is 60.7 Å². The fourth-order valence-electron chi connectivity index (χ4n) is 10.3. The van der Waals surface area contributed by atoms with Gasteiger partial charge in [0.15, 0.2) is 5.79 Å². The molecule has 208 valence electrons. The van der Waals surface area contributed by atoms with Crippen molar-refractivity contribution in [2.24, 2.45) is 46.3 Å². The number of carbonyl (C=O) groups is 2. The van der Waals surface area contributed by atoms with Crippen molar-refractivity contribution in [3.8, 4) is 0 Å². The minimum absolute atomic E-state index is 0.0732. The second-order valence-electron chi connectivity index (χ2n) is 13.8. The highest BCUT2D eigenvalue weighted by Crippen LogP contribution is 2.69. The molecule has 0 aromatic heterocycles. The summed E-state index contributed by atoms with van der Waals surface area (Å²) in [6.07, 6.45) is 11.5. The summed E-state index contributed by atoms with van der Waals surface area (Å²) in [5.74, 6) is 2.51. The molecule has 1 aromatic rings. The topological polar surface area (TPSA) is 61.8 Å². The molecule has 1 heterocycles. The van der Waals surface area contributed by atoms with Gasteiger partial charge in [-0.15, -0.1) is 0 Å².